The molecule has 0 unspecified atom stereocenters. The summed E-state index contributed by atoms with van der Waals surface area (Å²) >= 11 is 2.11. The van der Waals surface area contributed by atoms with E-state index in [4.69, 9.17) is 11.7 Å². The lowest BCUT2D eigenvalue weighted by molar-refractivity contribution is -0.109. The van der Waals surface area contributed by atoms with Gasteiger partial charge < -0.3 is 4.74 Å². The number of carbonyl (C=O) groups is 1. The third-order valence-electron chi connectivity index (χ3n) is 0.967. The summed E-state index contributed by atoms with van der Waals surface area (Å²) in [6.45, 7) is 7.12. The van der Waals surface area contributed by atoms with Crippen LogP contribution in [0.4, 0.5) is 0 Å². The van der Waals surface area contributed by atoms with Gasteiger partial charge in [0.1, 0.15) is 0 Å². The summed E-state index contributed by atoms with van der Waals surface area (Å²) in [6.07, 6.45) is 0.439. The molecule has 13 heavy (non-hydrogen) atoms. The van der Waals surface area contributed by atoms with E-state index in [-0.39, 0.29) is 5.12 Å². The average molecular weight is 216 g/mol. The van der Waals surface area contributed by atoms with E-state index in [1.807, 2.05) is 0 Å². The molecule has 1 aromatic rings. The lowest BCUT2D eigenvalue weighted by Crippen LogP contribution is -1.94. The minimum absolute atomic E-state index is 0.0387. The van der Waals surface area contributed by atoms with Crippen LogP contribution in [0.2, 0.25) is 0 Å². The Kier molecular flexibility index (Phi) is 4.17. The van der Waals surface area contributed by atoms with Crippen molar-refractivity contribution in [1.29, 1.82) is 0 Å². The van der Waals surface area contributed by atoms with Crippen LogP contribution in [0.25, 0.3) is 0 Å². The molecular formula is C7H8N2O2S2. The second-order valence-corrected chi connectivity index (χ2v) is 3.93. The third kappa shape index (κ3) is 3.73. The zero-order valence-electron chi connectivity index (χ0n) is 7.02. The van der Waals surface area contributed by atoms with Crippen molar-refractivity contribution in [2.75, 3.05) is 6.61 Å². The molecule has 0 spiro atoms. The van der Waals surface area contributed by atoms with Crippen LogP contribution in [-0.4, -0.2) is 21.1 Å². The van der Waals surface area contributed by atoms with Gasteiger partial charge in [0.05, 0.1) is 6.61 Å². The van der Waals surface area contributed by atoms with Crippen molar-refractivity contribution in [1.82, 2.24) is 9.36 Å². The fourth-order valence-electron chi connectivity index (χ4n) is 0.572. The first-order valence-corrected chi connectivity index (χ1v) is 5.16. The maximum absolute atomic E-state index is 10.7. The highest BCUT2D eigenvalue weighted by atomic mass is 32.2. The van der Waals surface area contributed by atoms with E-state index in [1.54, 1.807) is 0 Å². The van der Waals surface area contributed by atoms with E-state index in [9.17, 15) is 4.79 Å². The van der Waals surface area contributed by atoms with Gasteiger partial charge in [-0.15, -0.1) is 0 Å². The van der Waals surface area contributed by atoms with Crippen LogP contribution in [0.3, 0.4) is 0 Å². The van der Waals surface area contributed by atoms with Gasteiger partial charge in [0.2, 0.25) is 5.16 Å². The monoisotopic (exact) mass is 216 g/mol. The summed E-state index contributed by atoms with van der Waals surface area (Å²) < 4.78 is 9.03. The first kappa shape index (κ1) is 10.5. The molecule has 0 N–H and O–H groups in total. The summed E-state index contributed by atoms with van der Waals surface area (Å²) in [4.78, 5) is 14.6. The van der Waals surface area contributed by atoms with E-state index in [2.05, 4.69) is 9.36 Å². The van der Waals surface area contributed by atoms with Gasteiger partial charge >= 0.3 is 0 Å². The molecule has 0 bridgehead atoms. The molecule has 0 aliphatic heterocycles. The Labute approximate surface area is 84.9 Å². The number of nitrogens with zero attached hydrogens (tertiary/aromatic N) is 2. The summed E-state index contributed by atoms with van der Waals surface area (Å²) in [5.74, 6) is 0. The predicted octanol–water partition coefficient (Wildman–Crippen LogP) is 1.66. The Hall–Kier alpha value is -0.620. The van der Waals surface area contributed by atoms with E-state index in [0.29, 0.717) is 23.4 Å². The van der Waals surface area contributed by atoms with Crippen LogP contribution in [0, 0.1) is 6.92 Å². The molecule has 0 saturated carbocycles. The zero-order chi connectivity index (χ0) is 9.68. The Morgan fingerprint density at radius 2 is 2.54 bits per heavy atom. The number of hydrogen-bond acceptors (Lipinski definition) is 6. The van der Waals surface area contributed by atoms with Gasteiger partial charge in [-0.1, -0.05) is 0 Å². The van der Waals surface area contributed by atoms with Gasteiger partial charge in [-0.05, 0) is 25.1 Å². The highest BCUT2D eigenvalue weighted by molar-refractivity contribution is 8.13. The number of rotatable bonds is 4. The molecule has 1 aromatic heterocycles. The maximum Gasteiger partial charge on any atom is 0.293 e. The molecule has 0 amide bonds. The fraction of sp³-hybridized carbons (Fsp3) is 0.429. The van der Waals surface area contributed by atoms with Gasteiger partial charge in [0.15, 0.2) is 5.12 Å². The number of aromatic nitrogens is 2. The first-order valence-electron chi connectivity index (χ1n) is 3.57. The number of ether oxygens (including phenoxy) is 1. The van der Waals surface area contributed by atoms with Gasteiger partial charge in [-0.2, -0.15) is 9.36 Å². The van der Waals surface area contributed by atoms with Gasteiger partial charge in [-0.25, -0.2) is 0 Å². The molecule has 1 heterocycles. The van der Waals surface area contributed by atoms with E-state index in [1.165, 1.54) is 6.92 Å². The largest absolute Gasteiger partial charge is 0.469 e. The molecule has 1 rings (SSSR count). The third-order valence-corrected chi connectivity index (χ3v) is 2.36. The number of carbonyl (C=O) groups excluding carboxylic acids is 1. The summed E-state index contributed by atoms with van der Waals surface area (Å²) in [7, 11) is 0. The quantitative estimate of drug-likeness (QED) is 0.716. The SMILES string of the molecule is [CH]CCOc1nc(SC(C)=O)ns1. The summed E-state index contributed by atoms with van der Waals surface area (Å²) in [5, 5.41) is 0.849. The predicted molar refractivity (Wildman–Crippen MR) is 50.9 cm³/mol. The van der Waals surface area contributed by atoms with Crippen LogP contribution >= 0.6 is 23.3 Å². The highest BCUT2D eigenvalue weighted by Gasteiger charge is 2.07. The van der Waals surface area contributed by atoms with Crippen LogP contribution in [0.5, 0.6) is 5.19 Å². The second kappa shape index (κ2) is 5.18. The molecule has 70 valence electrons. The molecule has 2 radical (unpaired) electrons. The van der Waals surface area contributed by atoms with Crippen molar-refractivity contribution in [2.45, 2.75) is 18.5 Å². The zero-order valence-corrected chi connectivity index (χ0v) is 8.65. The Bertz CT molecular complexity index is 288. The number of hydrogen-bond donors (Lipinski definition) is 0. The van der Waals surface area contributed by atoms with Crippen molar-refractivity contribution in [3.8, 4) is 5.19 Å². The van der Waals surface area contributed by atoms with Gasteiger partial charge in [0.25, 0.3) is 5.19 Å². The maximum atomic E-state index is 10.7. The topological polar surface area (TPSA) is 52.1 Å². The van der Waals surface area contributed by atoms with Crippen molar-refractivity contribution >= 4 is 28.4 Å². The van der Waals surface area contributed by atoms with E-state index in [0.717, 1.165) is 23.3 Å². The van der Waals surface area contributed by atoms with Gasteiger partial charge in [0, 0.05) is 18.5 Å². The number of thioether (sulfide) groups is 1. The lowest BCUT2D eigenvalue weighted by atomic mass is 10.5. The minimum atomic E-state index is -0.0387. The first-order chi connectivity index (χ1) is 6.22. The normalized spacial score (nSPS) is 10.0. The van der Waals surface area contributed by atoms with Crippen LogP contribution in [0.15, 0.2) is 5.16 Å². The van der Waals surface area contributed by atoms with Crippen molar-refractivity contribution in [3.63, 3.8) is 0 Å². The van der Waals surface area contributed by atoms with Crippen LogP contribution < -0.4 is 4.74 Å². The molecule has 0 atom stereocenters. The second-order valence-electron chi connectivity index (χ2n) is 2.07. The highest BCUT2D eigenvalue weighted by Crippen LogP contribution is 2.21. The van der Waals surface area contributed by atoms with E-state index >= 15 is 0 Å². The Morgan fingerprint density at radius 3 is 3.15 bits per heavy atom. The Balaban J connectivity index is 2.48. The average Bonchev–Trinajstić information content (AvgIpc) is 2.48. The van der Waals surface area contributed by atoms with Crippen LogP contribution in [-0.2, 0) is 4.79 Å². The summed E-state index contributed by atoms with van der Waals surface area (Å²) in [6, 6.07) is 0. The van der Waals surface area contributed by atoms with Crippen molar-refractivity contribution in [2.24, 2.45) is 0 Å². The van der Waals surface area contributed by atoms with Crippen molar-refractivity contribution < 1.29 is 9.53 Å². The standard InChI is InChI=1S/C7H8N2O2S2/c1-3-4-11-7-8-6(9-13-7)12-5(2)10/h1H,3-4H2,2H3. The molecule has 0 saturated heterocycles. The molecule has 4 nitrogen and oxygen atoms in total. The Morgan fingerprint density at radius 1 is 1.77 bits per heavy atom. The lowest BCUT2D eigenvalue weighted by Gasteiger charge is -1.95. The van der Waals surface area contributed by atoms with Crippen molar-refractivity contribution in [3.05, 3.63) is 6.92 Å². The molecule has 0 aliphatic rings. The fourth-order valence-corrected chi connectivity index (χ4v) is 1.74. The minimum Gasteiger partial charge on any atom is -0.469 e. The molecule has 0 aliphatic carbocycles. The molecule has 6 heteroatoms. The molecular weight excluding hydrogens is 208 g/mol. The van der Waals surface area contributed by atoms with Gasteiger partial charge in [-0.3, -0.25) is 4.79 Å². The van der Waals surface area contributed by atoms with E-state index < -0.39 is 0 Å². The molecule has 0 fully saturated rings. The molecule has 0 aromatic carbocycles. The smallest absolute Gasteiger partial charge is 0.293 e. The summed E-state index contributed by atoms with van der Waals surface area (Å²) in [5.41, 5.74) is 0. The van der Waals surface area contributed by atoms with Crippen LogP contribution in [0.1, 0.15) is 13.3 Å².